The van der Waals surface area contributed by atoms with Crippen molar-refractivity contribution in [3.8, 4) is 0 Å². The second-order valence-corrected chi connectivity index (χ2v) is 9.36. The Balaban J connectivity index is 1.34. The number of carboxylic acids is 1. The van der Waals surface area contributed by atoms with Gasteiger partial charge in [-0.25, -0.2) is 0 Å². The zero-order valence-electron chi connectivity index (χ0n) is 16.3. The fourth-order valence-corrected chi connectivity index (χ4v) is 7.17. The van der Waals surface area contributed by atoms with E-state index in [1.807, 2.05) is 6.92 Å². The van der Waals surface area contributed by atoms with Gasteiger partial charge in [0.25, 0.3) is 0 Å². The number of aromatic nitrogens is 1. The molecule has 7 heteroatoms. The summed E-state index contributed by atoms with van der Waals surface area (Å²) in [5.74, 6) is 0.445. The number of hydrogen-bond donors (Lipinski definition) is 3. The Labute approximate surface area is 164 Å². The van der Waals surface area contributed by atoms with Crippen molar-refractivity contribution >= 4 is 11.9 Å². The third-order valence-electron chi connectivity index (χ3n) is 8.14. The Morgan fingerprint density at radius 1 is 1.29 bits per heavy atom. The summed E-state index contributed by atoms with van der Waals surface area (Å²) in [6, 6.07) is 1.80. The Hall–Kier alpha value is -1.89. The van der Waals surface area contributed by atoms with Crippen molar-refractivity contribution in [1.82, 2.24) is 15.8 Å². The second-order valence-electron chi connectivity index (χ2n) is 9.36. The van der Waals surface area contributed by atoms with E-state index in [0.717, 1.165) is 32.4 Å². The summed E-state index contributed by atoms with van der Waals surface area (Å²) in [4.78, 5) is 25.2. The van der Waals surface area contributed by atoms with E-state index in [1.165, 1.54) is 12.8 Å². The summed E-state index contributed by atoms with van der Waals surface area (Å²) >= 11 is 0. The van der Waals surface area contributed by atoms with Crippen LogP contribution in [0, 0.1) is 47.8 Å². The van der Waals surface area contributed by atoms with Crippen LogP contribution in [0.2, 0.25) is 0 Å². The van der Waals surface area contributed by atoms with Gasteiger partial charge >= 0.3 is 5.97 Å². The highest BCUT2D eigenvalue weighted by Crippen LogP contribution is 2.79. The number of rotatable bonds is 5. The third kappa shape index (κ3) is 2.62. The first-order valence-electron chi connectivity index (χ1n) is 10.7. The summed E-state index contributed by atoms with van der Waals surface area (Å²) in [6.45, 7) is 4.24. The summed E-state index contributed by atoms with van der Waals surface area (Å²) in [5, 5.41) is 20.4. The standard InChI is InChI=1S/C21H29N3O4/c1-11-7-13(24-28-11)10-23-19(25)17-14-4-5-15(18(17)20(26)27)21(14)8-16(21)12-3-2-6-22-9-12/h7,12,14-18,22H,2-6,8-10H2,1H3,(H,23,25)(H,26,27)/t12?,14-,15+,16?,17+,18+,21?/m0/s1. The van der Waals surface area contributed by atoms with E-state index >= 15 is 0 Å². The lowest BCUT2D eigenvalue weighted by Crippen LogP contribution is -2.41. The van der Waals surface area contributed by atoms with Crippen LogP contribution in [-0.2, 0) is 16.1 Å². The lowest BCUT2D eigenvalue weighted by atomic mass is 9.78. The quantitative estimate of drug-likeness (QED) is 0.713. The van der Waals surface area contributed by atoms with Crippen LogP contribution in [0.3, 0.4) is 0 Å². The molecule has 2 bridgehead atoms. The fourth-order valence-electron chi connectivity index (χ4n) is 7.17. The number of carbonyl (C=O) groups is 2. The van der Waals surface area contributed by atoms with Gasteiger partial charge in [-0.1, -0.05) is 5.16 Å². The van der Waals surface area contributed by atoms with Crippen molar-refractivity contribution in [3.05, 3.63) is 17.5 Å². The van der Waals surface area contributed by atoms with E-state index in [-0.39, 0.29) is 23.2 Å². The van der Waals surface area contributed by atoms with E-state index in [9.17, 15) is 14.7 Å². The van der Waals surface area contributed by atoms with Gasteiger partial charge < -0.3 is 20.3 Å². The molecule has 1 spiro atoms. The Morgan fingerprint density at radius 3 is 2.71 bits per heavy atom. The first-order chi connectivity index (χ1) is 13.5. The minimum Gasteiger partial charge on any atom is -0.481 e. The second kappa shape index (κ2) is 6.58. The summed E-state index contributed by atoms with van der Waals surface area (Å²) in [5.41, 5.74) is 0.771. The number of hydrogen-bond acceptors (Lipinski definition) is 5. The maximum Gasteiger partial charge on any atom is 0.307 e. The van der Waals surface area contributed by atoms with Crippen molar-refractivity contribution in [2.24, 2.45) is 40.9 Å². The number of aliphatic carboxylic acids is 1. The number of nitrogens with zero attached hydrogens (tertiary/aromatic N) is 1. The SMILES string of the molecule is Cc1cc(CNC(=O)[C@H]2[C@H](C(=O)O)[C@H]3CC[C@@H]2C32CC2C2CCCNC2)no1. The molecule has 4 fully saturated rings. The number of piperidine rings is 1. The highest BCUT2D eigenvalue weighted by molar-refractivity contribution is 5.86. The molecule has 7 atom stereocenters. The third-order valence-corrected chi connectivity index (χ3v) is 8.14. The van der Waals surface area contributed by atoms with Gasteiger partial charge in [-0.3, -0.25) is 9.59 Å². The van der Waals surface area contributed by atoms with E-state index in [1.54, 1.807) is 6.07 Å². The van der Waals surface area contributed by atoms with E-state index in [0.29, 0.717) is 29.8 Å². The molecule has 7 nitrogen and oxygen atoms in total. The van der Waals surface area contributed by atoms with Gasteiger partial charge in [0.15, 0.2) is 0 Å². The molecule has 1 aromatic rings. The maximum atomic E-state index is 13.1. The van der Waals surface area contributed by atoms with Crippen molar-refractivity contribution in [2.45, 2.75) is 45.6 Å². The Morgan fingerprint density at radius 2 is 2.07 bits per heavy atom. The number of carbonyl (C=O) groups excluding carboxylic acids is 1. The zero-order valence-corrected chi connectivity index (χ0v) is 16.3. The van der Waals surface area contributed by atoms with Crippen LogP contribution in [0.15, 0.2) is 10.6 Å². The molecule has 3 N–H and O–H groups in total. The van der Waals surface area contributed by atoms with Crippen LogP contribution < -0.4 is 10.6 Å². The van der Waals surface area contributed by atoms with Crippen LogP contribution in [-0.4, -0.2) is 35.2 Å². The Bertz CT molecular complexity index is 786. The van der Waals surface area contributed by atoms with Crippen LogP contribution in [0.4, 0.5) is 0 Å². The van der Waals surface area contributed by atoms with Gasteiger partial charge in [0, 0.05) is 6.07 Å². The molecule has 2 heterocycles. The van der Waals surface area contributed by atoms with Gasteiger partial charge in [0.2, 0.25) is 5.91 Å². The molecule has 1 saturated heterocycles. The average Bonchev–Trinajstić information content (AvgIpc) is 3.01. The van der Waals surface area contributed by atoms with Gasteiger partial charge in [0.05, 0.1) is 18.4 Å². The van der Waals surface area contributed by atoms with Crippen molar-refractivity contribution in [2.75, 3.05) is 13.1 Å². The molecule has 3 aliphatic carbocycles. The normalized spacial score (nSPS) is 41.3. The monoisotopic (exact) mass is 387 g/mol. The molecule has 3 unspecified atom stereocenters. The molecule has 1 aromatic heterocycles. The molecule has 5 rings (SSSR count). The summed E-state index contributed by atoms with van der Waals surface area (Å²) in [7, 11) is 0. The average molecular weight is 387 g/mol. The topological polar surface area (TPSA) is 104 Å². The zero-order chi connectivity index (χ0) is 19.5. The maximum absolute atomic E-state index is 13.1. The van der Waals surface area contributed by atoms with Crippen molar-refractivity contribution in [1.29, 1.82) is 0 Å². The van der Waals surface area contributed by atoms with Gasteiger partial charge in [-0.2, -0.15) is 0 Å². The molecule has 0 radical (unpaired) electrons. The number of carboxylic acid groups (broad SMARTS) is 1. The molecule has 0 aromatic carbocycles. The van der Waals surface area contributed by atoms with Crippen LogP contribution >= 0.6 is 0 Å². The largest absolute Gasteiger partial charge is 0.481 e. The van der Waals surface area contributed by atoms with E-state index in [2.05, 4.69) is 15.8 Å². The van der Waals surface area contributed by atoms with Gasteiger partial charge in [0.1, 0.15) is 11.5 Å². The predicted octanol–water partition coefficient (Wildman–Crippen LogP) is 1.96. The van der Waals surface area contributed by atoms with Crippen LogP contribution in [0.25, 0.3) is 0 Å². The summed E-state index contributed by atoms with van der Waals surface area (Å²) in [6.07, 6.45) is 5.51. The molecule has 1 amide bonds. The minimum absolute atomic E-state index is 0.0965. The molecule has 152 valence electrons. The predicted molar refractivity (Wildman–Crippen MR) is 100 cm³/mol. The lowest BCUT2D eigenvalue weighted by Gasteiger charge is -2.27. The molecule has 28 heavy (non-hydrogen) atoms. The number of aryl methyl sites for hydroxylation is 1. The first-order valence-corrected chi connectivity index (χ1v) is 10.7. The van der Waals surface area contributed by atoms with E-state index < -0.39 is 17.8 Å². The van der Waals surface area contributed by atoms with Crippen molar-refractivity contribution in [3.63, 3.8) is 0 Å². The molecular weight excluding hydrogens is 358 g/mol. The number of nitrogens with one attached hydrogen (secondary N) is 2. The molecule has 1 aliphatic heterocycles. The minimum atomic E-state index is -0.795. The van der Waals surface area contributed by atoms with Gasteiger partial charge in [-0.05, 0) is 81.2 Å². The Kier molecular flexibility index (Phi) is 4.27. The number of amides is 1. The highest BCUT2D eigenvalue weighted by atomic mass is 16.5. The van der Waals surface area contributed by atoms with E-state index in [4.69, 9.17) is 4.52 Å². The lowest BCUT2D eigenvalue weighted by molar-refractivity contribution is -0.149. The summed E-state index contributed by atoms with van der Waals surface area (Å²) < 4.78 is 5.05. The molecule has 3 saturated carbocycles. The van der Waals surface area contributed by atoms with Crippen LogP contribution in [0.5, 0.6) is 0 Å². The molecular formula is C21H29N3O4. The van der Waals surface area contributed by atoms with Crippen molar-refractivity contribution < 1.29 is 19.2 Å². The van der Waals surface area contributed by atoms with Crippen LogP contribution in [0.1, 0.15) is 43.6 Å². The fraction of sp³-hybridized carbons (Fsp3) is 0.762. The smallest absolute Gasteiger partial charge is 0.307 e. The highest BCUT2D eigenvalue weighted by Gasteiger charge is 2.76. The van der Waals surface area contributed by atoms with Gasteiger partial charge in [-0.15, -0.1) is 0 Å². The molecule has 4 aliphatic rings. The first kappa shape index (κ1) is 18.2.